The fraction of sp³-hybridized carbons (Fsp3) is 0.0714. The average Bonchev–Trinajstić information content (AvgIpc) is 2.55. The quantitative estimate of drug-likeness (QED) is 0.350. The maximum atomic E-state index is 12.2. The second kappa shape index (κ2) is 6.92. The van der Waals surface area contributed by atoms with Crippen molar-refractivity contribution < 1.29 is 24.1 Å². The summed E-state index contributed by atoms with van der Waals surface area (Å²) in [6, 6.07) is 6.84. The number of nitro groups is 2. The van der Waals surface area contributed by atoms with E-state index in [2.05, 4.69) is 0 Å². The van der Waals surface area contributed by atoms with E-state index in [1.54, 1.807) is 0 Å². The lowest BCUT2D eigenvalue weighted by molar-refractivity contribution is -0.385. The molecule has 0 aliphatic carbocycles. The van der Waals surface area contributed by atoms with E-state index in [1.807, 2.05) is 0 Å². The minimum Gasteiger partial charge on any atom is -0.496 e. The Hall–Kier alpha value is -3.20. The van der Waals surface area contributed by atoms with Crippen LogP contribution in [0.3, 0.4) is 0 Å². The van der Waals surface area contributed by atoms with Crippen molar-refractivity contribution in [2.24, 2.45) is 0 Å². The molecule has 0 aromatic heterocycles. The summed E-state index contributed by atoms with van der Waals surface area (Å²) in [6.07, 6.45) is 0. The Kier molecular flexibility index (Phi) is 4.95. The van der Waals surface area contributed by atoms with Gasteiger partial charge in [-0.25, -0.2) is 4.79 Å². The Morgan fingerprint density at radius 3 is 2.38 bits per heavy atom. The lowest BCUT2D eigenvalue weighted by Crippen LogP contribution is -2.11. The molecule has 0 spiro atoms. The molecule has 0 fully saturated rings. The first kappa shape index (κ1) is 17.2. The second-order valence-corrected chi connectivity index (χ2v) is 4.81. The SMILES string of the molecule is COc1ccc(OC(=O)c2cc([N+](=O)[O-])ccc2Cl)c([N+](=O)[O-])c1. The molecule has 0 radical (unpaired) electrons. The number of nitro benzene ring substituents is 2. The largest absolute Gasteiger partial charge is 0.496 e. The van der Waals surface area contributed by atoms with Crippen LogP contribution in [0.1, 0.15) is 10.4 Å². The van der Waals surface area contributed by atoms with Crippen LogP contribution in [0.4, 0.5) is 11.4 Å². The summed E-state index contributed by atoms with van der Waals surface area (Å²) in [4.78, 5) is 32.5. The van der Waals surface area contributed by atoms with E-state index in [4.69, 9.17) is 21.1 Å². The molecule has 2 aromatic rings. The molecule has 0 bridgehead atoms. The van der Waals surface area contributed by atoms with Gasteiger partial charge in [0.2, 0.25) is 5.75 Å². The fourth-order valence-electron chi connectivity index (χ4n) is 1.79. The number of benzene rings is 2. The van der Waals surface area contributed by atoms with Gasteiger partial charge >= 0.3 is 11.7 Å². The molecule has 124 valence electrons. The van der Waals surface area contributed by atoms with Crippen LogP contribution < -0.4 is 9.47 Å². The summed E-state index contributed by atoms with van der Waals surface area (Å²) >= 11 is 5.83. The first-order valence-electron chi connectivity index (χ1n) is 6.32. The lowest BCUT2D eigenvalue weighted by Gasteiger charge is -2.07. The van der Waals surface area contributed by atoms with Crippen LogP contribution in [0.25, 0.3) is 0 Å². The van der Waals surface area contributed by atoms with E-state index in [9.17, 15) is 25.0 Å². The highest BCUT2D eigenvalue weighted by molar-refractivity contribution is 6.33. The number of nitrogens with zero attached hydrogens (tertiary/aromatic N) is 2. The van der Waals surface area contributed by atoms with E-state index < -0.39 is 21.5 Å². The number of hydrogen-bond acceptors (Lipinski definition) is 7. The van der Waals surface area contributed by atoms with Crippen molar-refractivity contribution in [2.75, 3.05) is 7.11 Å². The van der Waals surface area contributed by atoms with E-state index in [0.717, 1.165) is 18.2 Å². The molecular weight excluding hydrogens is 344 g/mol. The van der Waals surface area contributed by atoms with Gasteiger partial charge in [-0.2, -0.15) is 0 Å². The monoisotopic (exact) mass is 352 g/mol. The van der Waals surface area contributed by atoms with Crippen LogP contribution in [-0.4, -0.2) is 22.9 Å². The molecule has 9 nitrogen and oxygen atoms in total. The van der Waals surface area contributed by atoms with Gasteiger partial charge in [0.15, 0.2) is 0 Å². The van der Waals surface area contributed by atoms with E-state index in [-0.39, 0.29) is 27.8 Å². The highest BCUT2D eigenvalue weighted by Gasteiger charge is 2.23. The summed E-state index contributed by atoms with van der Waals surface area (Å²) < 4.78 is 9.83. The normalized spacial score (nSPS) is 10.1. The van der Waals surface area contributed by atoms with Gasteiger partial charge in [0.1, 0.15) is 5.75 Å². The van der Waals surface area contributed by atoms with Crippen molar-refractivity contribution in [1.29, 1.82) is 0 Å². The highest BCUT2D eigenvalue weighted by atomic mass is 35.5. The third-order valence-corrected chi connectivity index (χ3v) is 3.28. The summed E-state index contributed by atoms with van der Waals surface area (Å²) in [5.41, 5.74) is -1.14. The Labute approximate surface area is 139 Å². The Morgan fingerprint density at radius 2 is 1.79 bits per heavy atom. The van der Waals surface area contributed by atoms with Crippen LogP contribution in [0.2, 0.25) is 5.02 Å². The number of rotatable bonds is 5. The number of non-ortho nitro benzene ring substituents is 1. The molecule has 2 aromatic carbocycles. The summed E-state index contributed by atoms with van der Waals surface area (Å²) in [6.45, 7) is 0. The molecule has 0 aliphatic heterocycles. The highest BCUT2D eigenvalue weighted by Crippen LogP contribution is 2.32. The first-order chi connectivity index (χ1) is 11.3. The van der Waals surface area contributed by atoms with Gasteiger partial charge in [-0.15, -0.1) is 0 Å². The molecule has 0 saturated carbocycles. The third kappa shape index (κ3) is 3.58. The Bertz CT molecular complexity index is 838. The zero-order valence-corrected chi connectivity index (χ0v) is 12.9. The molecule has 24 heavy (non-hydrogen) atoms. The van der Waals surface area contributed by atoms with E-state index in [0.29, 0.717) is 0 Å². The maximum absolute atomic E-state index is 12.2. The topological polar surface area (TPSA) is 122 Å². The van der Waals surface area contributed by atoms with Crippen molar-refractivity contribution >= 4 is 28.9 Å². The molecular formula is C14H9ClN2O7. The summed E-state index contributed by atoms with van der Waals surface area (Å²) in [5.74, 6) is -1.19. The number of methoxy groups -OCH3 is 1. The van der Waals surface area contributed by atoms with Gasteiger partial charge in [-0.1, -0.05) is 11.6 Å². The third-order valence-electron chi connectivity index (χ3n) is 2.95. The zero-order chi connectivity index (χ0) is 17.9. The summed E-state index contributed by atoms with van der Waals surface area (Å²) in [7, 11) is 1.33. The van der Waals surface area contributed by atoms with Gasteiger partial charge in [0.25, 0.3) is 5.69 Å². The Balaban J connectivity index is 2.38. The molecule has 2 rings (SSSR count). The van der Waals surface area contributed by atoms with Crippen LogP contribution in [0.15, 0.2) is 36.4 Å². The van der Waals surface area contributed by atoms with Crippen molar-refractivity contribution in [3.8, 4) is 11.5 Å². The number of halogens is 1. The predicted octanol–water partition coefficient (Wildman–Crippen LogP) is 3.38. The zero-order valence-electron chi connectivity index (χ0n) is 12.1. The second-order valence-electron chi connectivity index (χ2n) is 4.40. The molecule has 0 aliphatic rings. The fourth-order valence-corrected chi connectivity index (χ4v) is 1.99. The summed E-state index contributed by atoms with van der Waals surface area (Å²) in [5, 5.41) is 21.7. The van der Waals surface area contributed by atoms with E-state index in [1.165, 1.54) is 25.3 Å². The van der Waals surface area contributed by atoms with Gasteiger partial charge in [0.05, 0.1) is 33.6 Å². The first-order valence-corrected chi connectivity index (χ1v) is 6.70. The van der Waals surface area contributed by atoms with Crippen LogP contribution in [0.5, 0.6) is 11.5 Å². The molecule has 10 heteroatoms. The molecule has 0 unspecified atom stereocenters. The van der Waals surface area contributed by atoms with Gasteiger partial charge in [-0.3, -0.25) is 20.2 Å². The van der Waals surface area contributed by atoms with Crippen molar-refractivity contribution in [2.45, 2.75) is 0 Å². The molecule has 0 amide bonds. The van der Waals surface area contributed by atoms with Gasteiger partial charge in [-0.05, 0) is 18.2 Å². The van der Waals surface area contributed by atoms with Crippen LogP contribution in [0, 0.1) is 20.2 Å². The smallest absolute Gasteiger partial charge is 0.345 e. The predicted molar refractivity (Wildman–Crippen MR) is 82.7 cm³/mol. The van der Waals surface area contributed by atoms with Crippen molar-refractivity contribution in [1.82, 2.24) is 0 Å². The molecule has 0 atom stereocenters. The minimum absolute atomic E-state index is 0.0817. The molecule has 0 saturated heterocycles. The molecule has 0 heterocycles. The number of carbonyl (C=O) groups is 1. The van der Waals surface area contributed by atoms with Crippen LogP contribution >= 0.6 is 11.6 Å². The number of carbonyl (C=O) groups excluding carboxylic acids is 1. The number of esters is 1. The van der Waals surface area contributed by atoms with E-state index >= 15 is 0 Å². The lowest BCUT2D eigenvalue weighted by atomic mass is 10.2. The Morgan fingerprint density at radius 1 is 1.08 bits per heavy atom. The molecule has 0 N–H and O–H groups in total. The van der Waals surface area contributed by atoms with Gasteiger partial charge < -0.3 is 9.47 Å². The minimum atomic E-state index is -1.06. The van der Waals surface area contributed by atoms with Crippen molar-refractivity contribution in [3.05, 3.63) is 67.2 Å². The van der Waals surface area contributed by atoms with Gasteiger partial charge in [0, 0.05) is 12.1 Å². The maximum Gasteiger partial charge on any atom is 0.345 e. The average molecular weight is 353 g/mol. The standard InChI is InChI=1S/C14H9ClN2O7/c1-23-9-3-5-13(12(7-9)17(21)22)24-14(18)10-6-8(16(19)20)2-4-11(10)15/h2-7H,1H3. The number of ether oxygens (including phenoxy) is 2. The van der Waals surface area contributed by atoms with Crippen LogP contribution in [-0.2, 0) is 0 Å². The number of hydrogen-bond donors (Lipinski definition) is 0. The van der Waals surface area contributed by atoms with Crippen molar-refractivity contribution in [3.63, 3.8) is 0 Å².